The van der Waals surface area contributed by atoms with Gasteiger partial charge in [0.15, 0.2) is 0 Å². The Bertz CT molecular complexity index is 1390. The monoisotopic (exact) mass is 575 g/mol. The zero-order valence-electron chi connectivity index (χ0n) is 22.2. The Labute approximate surface area is 233 Å². The van der Waals surface area contributed by atoms with Gasteiger partial charge >= 0.3 is 12.2 Å². The predicted molar refractivity (Wildman–Crippen MR) is 144 cm³/mol. The van der Waals surface area contributed by atoms with E-state index in [2.05, 4.69) is 20.6 Å². The number of hydrogen-bond acceptors (Lipinski definition) is 7. The smallest absolute Gasteiger partial charge is 0.393 e. The second-order valence-corrected chi connectivity index (χ2v) is 9.98. The Kier molecular flexibility index (Phi) is 7.99. The molecule has 1 aromatic carbocycles. The van der Waals surface area contributed by atoms with Crippen molar-refractivity contribution >= 4 is 35.1 Å². The summed E-state index contributed by atoms with van der Waals surface area (Å²) in [5, 5.41) is 5.27. The van der Waals surface area contributed by atoms with Gasteiger partial charge < -0.3 is 29.8 Å². The van der Waals surface area contributed by atoms with Gasteiger partial charge in [-0.2, -0.15) is 18.2 Å². The molecule has 1 atom stereocenters. The Hall–Kier alpha value is -4.36. The molecule has 2 saturated heterocycles. The number of carbonyl (C=O) groups excluding carboxylic acids is 2. The highest BCUT2D eigenvalue weighted by Crippen LogP contribution is 2.35. The molecule has 41 heavy (non-hydrogen) atoms. The van der Waals surface area contributed by atoms with Gasteiger partial charge in [0.1, 0.15) is 11.6 Å². The van der Waals surface area contributed by atoms with Crippen molar-refractivity contribution in [3.63, 3.8) is 0 Å². The summed E-state index contributed by atoms with van der Waals surface area (Å²) in [5.74, 6) is -1.99. The highest BCUT2D eigenvalue weighted by atomic mass is 19.4. The minimum atomic E-state index is -4.30. The van der Waals surface area contributed by atoms with E-state index in [4.69, 9.17) is 4.42 Å². The van der Waals surface area contributed by atoms with E-state index < -0.39 is 23.8 Å². The van der Waals surface area contributed by atoms with Gasteiger partial charge in [-0.1, -0.05) is 12.1 Å². The van der Waals surface area contributed by atoms with Crippen LogP contribution in [0.2, 0.25) is 0 Å². The number of piperidine rings is 1. The molecule has 14 heteroatoms. The first-order valence-electron chi connectivity index (χ1n) is 13.2. The molecular formula is C27H29F4N7O3. The van der Waals surface area contributed by atoms with E-state index in [1.807, 2.05) is 4.90 Å². The van der Waals surface area contributed by atoms with Crippen LogP contribution < -0.4 is 20.4 Å². The summed E-state index contributed by atoms with van der Waals surface area (Å²) < 4.78 is 59.0. The molecule has 3 aromatic rings. The number of benzene rings is 1. The maximum atomic E-state index is 13.8. The minimum absolute atomic E-state index is 0.00296. The number of urea groups is 1. The van der Waals surface area contributed by atoms with Crippen molar-refractivity contribution in [3.05, 3.63) is 59.9 Å². The number of anilines is 4. The van der Waals surface area contributed by atoms with Gasteiger partial charge in [-0.25, -0.2) is 14.2 Å². The van der Waals surface area contributed by atoms with Gasteiger partial charge in [-0.15, -0.1) is 0 Å². The number of carbonyl (C=O) groups is 2. The van der Waals surface area contributed by atoms with Crippen molar-refractivity contribution in [1.82, 2.24) is 14.9 Å². The highest BCUT2D eigenvalue weighted by molar-refractivity contribution is 6.03. The number of oxazole rings is 1. The van der Waals surface area contributed by atoms with Crippen LogP contribution in [-0.2, 0) is 0 Å². The molecule has 5 rings (SSSR count). The largest absolute Gasteiger partial charge is 0.418 e. The molecule has 0 spiro atoms. The fourth-order valence-electron chi connectivity index (χ4n) is 4.88. The molecular weight excluding hydrogens is 546 g/mol. The lowest BCUT2D eigenvalue weighted by Crippen LogP contribution is -2.50. The number of piperazine rings is 1. The number of rotatable bonds is 5. The Morgan fingerprint density at radius 2 is 1.76 bits per heavy atom. The number of aromatic nitrogens is 2. The van der Waals surface area contributed by atoms with Gasteiger partial charge in [-0.05, 0) is 44.0 Å². The minimum Gasteiger partial charge on any atom is -0.418 e. The number of hydrogen-bond donors (Lipinski definition) is 2. The Balaban J connectivity index is 1.14. The van der Waals surface area contributed by atoms with Crippen LogP contribution in [0.4, 0.5) is 45.6 Å². The summed E-state index contributed by atoms with van der Waals surface area (Å²) in [6.45, 7) is 3.50. The molecule has 2 aliphatic heterocycles. The summed E-state index contributed by atoms with van der Waals surface area (Å²) in [6.07, 6.45) is -2.42. The van der Waals surface area contributed by atoms with Crippen LogP contribution in [0.5, 0.6) is 0 Å². The Morgan fingerprint density at radius 1 is 1.00 bits per heavy atom. The SMILES string of the molecule is Cc1nc(N2CCCC(C(F)(F)F)C2)oc1C(=O)Nc1ccc(N2CCN(C(=O)Nc3ccccc3F)CC2)nc1. The van der Waals surface area contributed by atoms with Crippen molar-refractivity contribution in [2.45, 2.75) is 25.9 Å². The standard InChI is InChI=1S/C27H29F4N7O3/c1-17-23(41-26(33-17)38-10-4-5-18(16-38)27(29,30)31)24(39)34-19-8-9-22(32-15-19)36-11-13-37(14-12-36)25(40)35-21-7-3-2-6-20(21)28/h2-3,6-9,15,18H,4-5,10-14,16H2,1H3,(H,34,39)(H,35,40). The van der Waals surface area contributed by atoms with E-state index in [1.165, 1.54) is 23.2 Å². The molecule has 3 amide bonds. The van der Waals surface area contributed by atoms with Crippen LogP contribution >= 0.6 is 0 Å². The van der Waals surface area contributed by atoms with Crippen molar-refractivity contribution in [3.8, 4) is 0 Å². The van der Waals surface area contributed by atoms with Crippen LogP contribution in [0.1, 0.15) is 29.1 Å². The van der Waals surface area contributed by atoms with Crippen molar-refractivity contribution in [2.24, 2.45) is 5.92 Å². The molecule has 2 aromatic heterocycles. The number of nitrogens with zero attached hydrogens (tertiary/aromatic N) is 5. The van der Waals surface area contributed by atoms with Crippen molar-refractivity contribution < 1.29 is 31.6 Å². The molecule has 1 unspecified atom stereocenters. The predicted octanol–water partition coefficient (Wildman–Crippen LogP) is 4.90. The molecule has 0 aliphatic carbocycles. The number of pyridine rings is 1. The third kappa shape index (κ3) is 6.52. The lowest BCUT2D eigenvalue weighted by atomic mass is 9.98. The third-order valence-electron chi connectivity index (χ3n) is 7.16. The maximum Gasteiger partial charge on any atom is 0.393 e. The second kappa shape index (κ2) is 11.6. The van der Waals surface area contributed by atoms with Gasteiger partial charge in [-0.3, -0.25) is 4.79 Å². The number of aryl methyl sites for hydroxylation is 1. The van der Waals surface area contributed by atoms with Crippen LogP contribution in [0, 0.1) is 18.7 Å². The quantitative estimate of drug-likeness (QED) is 0.417. The van der Waals surface area contributed by atoms with E-state index in [9.17, 15) is 27.2 Å². The molecule has 218 valence electrons. The molecule has 0 saturated carbocycles. The molecule has 0 bridgehead atoms. The third-order valence-corrected chi connectivity index (χ3v) is 7.16. The molecule has 4 heterocycles. The average molecular weight is 576 g/mol. The summed E-state index contributed by atoms with van der Waals surface area (Å²) >= 11 is 0. The van der Waals surface area contributed by atoms with E-state index in [-0.39, 0.29) is 42.2 Å². The van der Waals surface area contributed by atoms with Crippen LogP contribution in [0.25, 0.3) is 0 Å². The number of alkyl halides is 3. The van der Waals surface area contributed by atoms with Crippen LogP contribution in [0.3, 0.4) is 0 Å². The Morgan fingerprint density at radius 3 is 2.44 bits per heavy atom. The lowest BCUT2D eigenvalue weighted by Gasteiger charge is -2.35. The average Bonchev–Trinajstić information content (AvgIpc) is 3.36. The number of amides is 3. The first kappa shape index (κ1) is 28.2. The zero-order valence-corrected chi connectivity index (χ0v) is 22.2. The van der Waals surface area contributed by atoms with E-state index in [1.54, 1.807) is 36.1 Å². The fraction of sp³-hybridized carbons (Fsp3) is 0.407. The first-order valence-corrected chi connectivity index (χ1v) is 13.2. The first-order chi connectivity index (χ1) is 19.6. The van der Waals surface area contributed by atoms with Crippen LogP contribution in [-0.4, -0.2) is 72.3 Å². The van der Waals surface area contributed by atoms with E-state index in [0.29, 0.717) is 50.6 Å². The number of nitrogens with one attached hydrogen (secondary N) is 2. The molecule has 2 fully saturated rings. The van der Waals surface area contributed by atoms with E-state index in [0.717, 1.165) is 0 Å². The normalized spacial score (nSPS) is 17.9. The van der Waals surface area contributed by atoms with E-state index >= 15 is 0 Å². The van der Waals surface area contributed by atoms with Gasteiger partial charge in [0.05, 0.1) is 29.2 Å². The molecule has 2 aliphatic rings. The fourth-order valence-corrected chi connectivity index (χ4v) is 4.88. The summed E-state index contributed by atoms with van der Waals surface area (Å²) in [7, 11) is 0. The van der Waals surface area contributed by atoms with Gasteiger partial charge in [0.25, 0.3) is 11.9 Å². The summed E-state index contributed by atoms with van der Waals surface area (Å²) in [6, 6.07) is 8.98. The van der Waals surface area contributed by atoms with Crippen LogP contribution in [0.15, 0.2) is 47.0 Å². The number of para-hydroxylation sites is 1. The second-order valence-electron chi connectivity index (χ2n) is 9.98. The molecule has 10 nitrogen and oxygen atoms in total. The topological polar surface area (TPSA) is 107 Å². The van der Waals surface area contributed by atoms with Crippen molar-refractivity contribution in [1.29, 1.82) is 0 Å². The van der Waals surface area contributed by atoms with Gasteiger partial charge in [0.2, 0.25) is 5.76 Å². The molecule has 2 N–H and O–H groups in total. The highest BCUT2D eigenvalue weighted by Gasteiger charge is 2.42. The zero-order chi connectivity index (χ0) is 29.1. The number of halogens is 4. The summed E-state index contributed by atoms with van der Waals surface area (Å²) in [5.41, 5.74) is 0.791. The lowest BCUT2D eigenvalue weighted by molar-refractivity contribution is -0.176. The molecule has 0 radical (unpaired) electrons. The van der Waals surface area contributed by atoms with Crippen molar-refractivity contribution in [2.75, 3.05) is 59.7 Å². The maximum absolute atomic E-state index is 13.8. The summed E-state index contributed by atoms with van der Waals surface area (Å²) in [4.78, 5) is 39.0. The van der Waals surface area contributed by atoms with Gasteiger partial charge in [0, 0.05) is 39.3 Å².